The molecule has 68 valence electrons. The number of hydrogen-bond acceptors (Lipinski definition) is 3. The van der Waals surface area contributed by atoms with Gasteiger partial charge in [-0.1, -0.05) is 0 Å². The number of nitrogens with zero attached hydrogens (tertiary/aromatic N) is 2. The monoisotopic (exact) mass is 188 g/mol. The van der Waals surface area contributed by atoms with Gasteiger partial charge in [0.25, 0.3) is 0 Å². The number of oxazole rings is 1. The Hall–Kier alpha value is -1.59. The van der Waals surface area contributed by atoms with E-state index in [0.717, 1.165) is 18.7 Å². The number of halogens is 3. The fraction of sp³-hybridized carbons (Fsp3) is 0.143. The predicted molar refractivity (Wildman–Crippen MR) is 36.8 cm³/mol. The Kier molecular flexibility index (Phi) is 1.51. The largest absolute Gasteiger partial charge is 0.425 e. The van der Waals surface area contributed by atoms with E-state index >= 15 is 0 Å². The molecule has 6 heteroatoms. The first-order valence-electron chi connectivity index (χ1n) is 3.34. The molecule has 2 aromatic heterocycles. The minimum atomic E-state index is -4.42. The van der Waals surface area contributed by atoms with Gasteiger partial charge >= 0.3 is 6.18 Å². The topological polar surface area (TPSA) is 38.9 Å². The quantitative estimate of drug-likeness (QED) is 0.636. The van der Waals surface area contributed by atoms with Crippen molar-refractivity contribution in [2.45, 2.75) is 6.18 Å². The lowest BCUT2D eigenvalue weighted by atomic mass is 10.2. The molecular formula is C7H3F3N2O. The molecule has 0 fully saturated rings. The van der Waals surface area contributed by atoms with Gasteiger partial charge in [-0.2, -0.15) is 13.2 Å². The van der Waals surface area contributed by atoms with Gasteiger partial charge in [-0.25, -0.2) is 9.97 Å². The lowest BCUT2D eigenvalue weighted by Crippen LogP contribution is -2.05. The van der Waals surface area contributed by atoms with Crippen LogP contribution in [0.25, 0.3) is 11.2 Å². The maximum atomic E-state index is 12.3. The third-order valence-electron chi connectivity index (χ3n) is 1.54. The first-order valence-corrected chi connectivity index (χ1v) is 3.34. The van der Waals surface area contributed by atoms with Crippen molar-refractivity contribution in [1.82, 2.24) is 9.97 Å². The molecule has 0 radical (unpaired) electrons. The van der Waals surface area contributed by atoms with Crippen LogP contribution in [0.1, 0.15) is 5.56 Å². The summed E-state index contributed by atoms with van der Waals surface area (Å²) in [5, 5.41) is 0. The molecule has 0 N–H and O–H groups in total. The molecule has 0 aromatic carbocycles. The van der Waals surface area contributed by atoms with Gasteiger partial charge in [0.1, 0.15) is 5.52 Å². The van der Waals surface area contributed by atoms with E-state index in [4.69, 9.17) is 0 Å². The van der Waals surface area contributed by atoms with Crippen molar-refractivity contribution in [3.63, 3.8) is 0 Å². The Morgan fingerprint density at radius 3 is 2.69 bits per heavy atom. The maximum Gasteiger partial charge on any atom is 0.418 e. The molecule has 0 atom stereocenters. The summed E-state index contributed by atoms with van der Waals surface area (Å²) < 4.78 is 41.5. The zero-order chi connectivity index (χ0) is 9.47. The van der Waals surface area contributed by atoms with Crippen LogP contribution in [0.15, 0.2) is 23.1 Å². The molecule has 0 bridgehead atoms. The summed E-state index contributed by atoms with van der Waals surface area (Å²) >= 11 is 0. The van der Waals surface area contributed by atoms with Gasteiger partial charge in [-0.15, -0.1) is 0 Å². The summed E-state index contributed by atoms with van der Waals surface area (Å²) in [4.78, 5) is 7.02. The van der Waals surface area contributed by atoms with E-state index in [0.29, 0.717) is 0 Å². The maximum absolute atomic E-state index is 12.3. The predicted octanol–water partition coefficient (Wildman–Crippen LogP) is 2.24. The van der Waals surface area contributed by atoms with Gasteiger partial charge in [0.05, 0.1) is 5.56 Å². The number of hydrogen-bond donors (Lipinski definition) is 0. The number of fused-ring (bicyclic) bond motifs is 1. The van der Waals surface area contributed by atoms with Gasteiger partial charge in [0.2, 0.25) is 5.71 Å². The Balaban J connectivity index is 2.75. The lowest BCUT2D eigenvalue weighted by Gasteiger charge is -2.04. The normalized spacial score (nSPS) is 12.2. The van der Waals surface area contributed by atoms with Gasteiger partial charge in [-0.05, 0) is 6.07 Å². The van der Waals surface area contributed by atoms with Crippen molar-refractivity contribution in [1.29, 1.82) is 0 Å². The van der Waals surface area contributed by atoms with Crippen molar-refractivity contribution in [3.8, 4) is 0 Å². The first kappa shape index (κ1) is 8.03. The standard InChI is InChI=1S/C7H3F3N2O/c8-7(9,10)4-1-2-11-6-5(4)12-3-13-6/h1-3H. The van der Waals surface area contributed by atoms with Gasteiger partial charge in [-0.3, -0.25) is 0 Å². The second kappa shape index (κ2) is 2.45. The zero-order valence-corrected chi connectivity index (χ0v) is 6.17. The highest BCUT2D eigenvalue weighted by Gasteiger charge is 2.34. The number of alkyl halides is 3. The van der Waals surface area contributed by atoms with E-state index in [1.807, 2.05) is 0 Å². The van der Waals surface area contributed by atoms with Crippen molar-refractivity contribution in [3.05, 3.63) is 24.2 Å². The smallest absolute Gasteiger partial charge is 0.418 e. The molecule has 3 nitrogen and oxygen atoms in total. The summed E-state index contributed by atoms with van der Waals surface area (Å²) in [6.07, 6.45) is -2.44. The van der Waals surface area contributed by atoms with Crippen molar-refractivity contribution in [2.75, 3.05) is 0 Å². The molecule has 0 spiro atoms. The molecule has 13 heavy (non-hydrogen) atoms. The van der Waals surface area contributed by atoms with Gasteiger partial charge in [0.15, 0.2) is 6.39 Å². The third-order valence-corrected chi connectivity index (χ3v) is 1.54. The summed E-state index contributed by atoms with van der Waals surface area (Å²) in [6, 6.07) is 0.866. The van der Waals surface area contributed by atoms with Crippen molar-refractivity contribution < 1.29 is 17.6 Å². The third kappa shape index (κ3) is 1.24. The second-order valence-corrected chi connectivity index (χ2v) is 2.36. The second-order valence-electron chi connectivity index (χ2n) is 2.36. The van der Waals surface area contributed by atoms with Crippen LogP contribution in [0.3, 0.4) is 0 Å². The van der Waals surface area contributed by atoms with Crippen LogP contribution in [-0.4, -0.2) is 9.97 Å². The van der Waals surface area contributed by atoms with Crippen LogP contribution in [0, 0.1) is 0 Å². The van der Waals surface area contributed by atoms with E-state index in [1.54, 1.807) is 0 Å². The molecule has 0 amide bonds. The highest BCUT2D eigenvalue weighted by atomic mass is 19.4. The van der Waals surface area contributed by atoms with Crippen LogP contribution in [-0.2, 0) is 6.18 Å². The SMILES string of the molecule is FC(F)(F)c1ccnc2ocnc12. The first-order chi connectivity index (χ1) is 6.09. The molecule has 0 aliphatic rings. The fourth-order valence-electron chi connectivity index (χ4n) is 1.00. The molecule has 2 rings (SSSR count). The van der Waals surface area contributed by atoms with Gasteiger partial charge in [0, 0.05) is 6.20 Å². The average molecular weight is 188 g/mol. The minimum absolute atomic E-state index is 0.102. The molecule has 2 aromatic rings. The van der Waals surface area contributed by atoms with E-state index in [9.17, 15) is 13.2 Å². The van der Waals surface area contributed by atoms with Crippen LogP contribution in [0.5, 0.6) is 0 Å². The Morgan fingerprint density at radius 1 is 1.23 bits per heavy atom. The van der Waals surface area contributed by atoms with Crippen LogP contribution in [0.4, 0.5) is 13.2 Å². The molecule has 2 heterocycles. The Bertz CT molecular complexity index is 434. The fourth-order valence-corrected chi connectivity index (χ4v) is 1.00. The molecular weight excluding hydrogens is 185 g/mol. The Labute approximate surface area is 70.2 Å². The molecule has 0 saturated carbocycles. The highest BCUT2D eigenvalue weighted by molar-refractivity contribution is 5.72. The summed E-state index contributed by atoms with van der Waals surface area (Å²) in [7, 11) is 0. The van der Waals surface area contributed by atoms with Crippen LogP contribution in [0.2, 0.25) is 0 Å². The summed E-state index contributed by atoms with van der Waals surface area (Å²) in [5.74, 6) is 0. The van der Waals surface area contributed by atoms with Crippen molar-refractivity contribution in [2.24, 2.45) is 0 Å². The number of pyridine rings is 1. The highest BCUT2D eigenvalue weighted by Crippen LogP contribution is 2.32. The van der Waals surface area contributed by atoms with E-state index < -0.39 is 11.7 Å². The van der Waals surface area contributed by atoms with E-state index in [-0.39, 0.29) is 11.2 Å². The van der Waals surface area contributed by atoms with Crippen LogP contribution >= 0.6 is 0 Å². The molecule has 0 saturated heterocycles. The minimum Gasteiger partial charge on any atom is -0.425 e. The van der Waals surface area contributed by atoms with Gasteiger partial charge < -0.3 is 4.42 Å². The van der Waals surface area contributed by atoms with E-state index in [2.05, 4.69) is 14.4 Å². The molecule has 0 aliphatic heterocycles. The van der Waals surface area contributed by atoms with E-state index in [1.165, 1.54) is 0 Å². The Morgan fingerprint density at radius 2 is 2.00 bits per heavy atom. The van der Waals surface area contributed by atoms with Crippen LogP contribution < -0.4 is 0 Å². The summed E-state index contributed by atoms with van der Waals surface area (Å²) in [6.45, 7) is 0. The molecule has 0 unspecified atom stereocenters. The number of rotatable bonds is 0. The number of aromatic nitrogens is 2. The lowest BCUT2D eigenvalue weighted by molar-refractivity contribution is -0.136. The zero-order valence-electron chi connectivity index (χ0n) is 6.17. The summed E-state index contributed by atoms with van der Waals surface area (Å²) in [5.41, 5.74) is -1.18. The van der Waals surface area contributed by atoms with Crippen molar-refractivity contribution >= 4 is 11.2 Å². The molecule has 0 aliphatic carbocycles. The average Bonchev–Trinajstić information content (AvgIpc) is 2.48.